The zero-order chi connectivity index (χ0) is 49.4. The van der Waals surface area contributed by atoms with Crippen molar-refractivity contribution in [1.82, 2.24) is 5.32 Å². The molecule has 0 radical (unpaired) electrons. The Labute approximate surface area is 413 Å². The second-order valence-corrected chi connectivity index (χ2v) is 20.9. The van der Waals surface area contributed by atoms with Crippen LogP contribution in [-0.4, -0.2) is 74.3 Å². The highest BCUT2D eigenvalue weighted by Gasteiger charge is 2.30. The molecule has 0 aromatic rings. The van der Waals surface area contributed by atoms with Gasteiger partial charge in [0.15, 0.2) is 0 Å². The molecule has 0 rings (SSSR count). The van der Waals surface area contributed by atoms with Crippen molar-refractivity contribution in [2.24, 2.45) is 0 Å². The molecule has 1 amide bonds. The largest absolute Gasteiger partial charge is 0.472 e. The van der Waals surface area contributed by atoms with Gasteiger partial charge in [0.2, 0.25) is 5.91 Å². The maximum Gasteiger partial charge on any atom is 0.472 e. The number of carbonyl (C=O) groups is 2. The molecular formula is C57H104N2O7P+. The van der Waals surface area contributed by atoms with E-state index in [9.17, 15) is 19.0 Å². The molecule has 0 saturated heterocycles. The lowest BCUT2D eigenvalue weighted by Gasteiger charge is -2.27. The van der Waals surface area contributed by atoms with Crippen LogP contribution in [-0.2, 0) is 27.9 Å². The third-order valence-corrected chi connectivity index (χ3v) is 12.7. The summed E-state index contributed by atoms with van der Waals surface area (Å²) >= 11 is 0. The Morgan fingerprint density at radius 2 is 0.955 bits per heavy atom. The Balaban J connectivity index is 5.47. The van der Waals surface area contributed by atoms with Gasteiger partial charge < -0.3 is 19.4 Å². The fourth-order valence-electron chi connectivity index (χ4n) is 7.46. The highest BCUT2D eigenvalue weighted by atomic mass is 31.2. The van der Waals surface area contributed by atoms with Crippen LogP contribution < -0.4 is 5.32 Å². The average Bonchev–Trinajstić information content (AvgIpc) is 3.28. The summed E-state index contributed by atoms with van der Waals surface area (Å²) in [4.78, 5) is 37.5. The van der Waals surface area contributed by atoms with Crippen LogP contribution >= 0.6 is 7.82 Å². The third-order valence-electron chi connectivity index (χ3n) is 11.7. The minimum Gasteiger partial charge on any atom is -0.456 e. The number of amides is 1. The van der Waals surface area contributed by atoms with Gasteiger partial charge in [-0.15, -0.1) is 0 Å². The first-order valence-electron chi connectivity index (χ1n) is 27.3. The van der Waals surface area contributed by atoms with Gasteiger partial charge >= 0.3 is 13.8 Å². The summed E-state index contributed by atoms with van der Waals surface area (Å²) in [5.41, 5.74) is 0. The number of rotatable bonds is 48. The monoisotopic (exact) mass is 960 g/mol. The fourth-order valence-corrected chi connectivity index (χ4v) is 8.19. The van der Waals surface area contributed by atoms with Crippen molar-refractivity contribution >= 4 is 19.7 Å². The summed E-state index contributed by atoms with van der Waals surface area (Å²) in [5.74, 6) is -0.546. The number of phosphoric acid groups is 1. The minimum atomic E-state index is -4.45. The third kappa shape index (κ3) is 48.3. The van der Waals surface area contributed by atoms with Gasteiger partial charge in [-0.1, -0.05) is 210 Å². The van der Waals surface area contributed by atoms with E-state index in [-0.39, 0.29) is 31.5 Å². The smallest absolute Gasteiger partial charge is 0.456 e. The van der Waals surface area contributed by atoms with E-state index in [1.54, 1.807) is 0 Å². The lowest BCUT2D eigenvalue weighted by molar-refractivity contribution is -0.870. The molecule has 0 bridgehead atoms. The summed E-state index contributed by atoms with van der Waals surface area (Å²) in [6, 6.07) is -0.864. The van der Waals surface area contributed by atoms with Gasteiger partial charge in [0.05, 0.1) is 33.8 Å². The van der Waals surface area contributed by atoms with Crippen molar-refractivity contribution < 1.29 is 37.3 Å². The van der Waals surface area contributed by atoms with E-state index in [4.69, 9.17) is 13.8 Å². The molecule has 3 unspecified atom stereocenters. The van der Waals surface area contributed by atoms with Gasteiger partial charge in [0.25, 0.3) is 0 Å². The van der Waals surface area contributed by atoms with E-state index in [1.165, 1.54) is 83.5 Å². The molecule has 0 aliphatic rings. The van der Waals surface area contributed by atoms with Crippen molar-refractivity contribution in [2.75, 3.05) is 40.9 Å². The number of esters is 1. The van der Waals surface area contributed by atoms with Gasteiger partial charge in [-0.05, 0) is 76.7 Å². The summed E-state index contributed by atoms with van der Waals surface area (Å²) in [6.07, 6.45) is 58.9. The normalized spacial score (nSPS) is 14.4. The molecule has 67 heavy (non-hydrogen) atoms. The Bertz CT molecular complexity index is 1380. The molecule has 0 spiro atoms. The fraction of sp³-hybridized carbons (Fsp3) is 0.754. The molecule has 3 atom stereocenters. The number of unbranched alkanes of at least 4 members (excludes halogenated alkanes) is 25. The molecule has 10 heteroatoms. The van der Waals surface area contributed by atoms with Crippen LogP contribution in [0.2, 0.25) is 0 Å². The molecule has 388 valence electrons. The molecule has 0 fully saturated rings. The van der Waals surface area contributed by atoms with Crippen LogP contribution in [0.5, 0.6) is 0 Å². The van der Waals surface area contributed by atoms with Gasteiger partial charge in [-0.3, -0.25) is 18.6 Å². The quantitative estimate of drug-likeness (QED) is 0.0156. The van der Waals surface area contributed by atoms with Crippen molar-refractivity contribution in [2.45, 2.75) is 238 Å². The molecule has 0 saturated carbocycles. The summed E-state index contributed by atoms with van der Waals surface area (Å²) in [6.45, 7) is 6.81. The highest BCUT2D eigenvalue weighted by molar-refractivity contribution is 7.47. The second kappa shape index (κ2) is 47.1. The second-order valence-electron chi connectivity index (χ2n) is 19.5. The van der Waals surface area contributed by atoms with Crippen LogP contribution in [0.4, 0.5) is 0 Å². The van der Waals surface area contributed by atoms with Crippen molar-refractivity contribution in [3.8, 4) is 0 Å². The molecule has 0 aromatic carbocycles. The number of phosphoric ester groups is 1. The predicted molar refractivity (Wildman–Crippen MR) is 286 cm³/mol. The van der Waals surface area contributed by atoms with E-state index in [1.807, 2.05) is 33.3 Å². The van der Waals surface area contributed by atoms with Crippen LogP contribution in [0, 0.1) is 0 Å². The standard InChI is InChI=1S/C57H103N2O7P/c1-7-10-13-16-19-22-25-28-29-32-34-37-40-43-46-49-56(60)58-54(53-65-67(62,63)64-52-51-59(4,5)6)55(48-45-42-39-36-33-30-26-23-20-17-14-11-8-2)66-57(61)50-47-44-41-38-35-31-27-24-21-18-15-12-9-3/h12,15,18-19,21-22,24-25,27-28,45,48,54-55H,7-11,13-14,16-17,20,23,26,29-44,46-47,49-53H2,1-6H3,(H-,58,60,62,63)/p+1/b15-12+,21-18+,22-19+,27-24-,28-25+,48-45+. The van der Waals surface area contributed by atoms with Crippen LogP contribution in [0.1, 0.15) is 226 Å². The van der Waals surface area contributed by atoms with E-state index in [0.29, 0.717) is 23.9 Å². The summed E-state index contributed by atoms with van der Waals surface area (Å²) < 4.78 is 30.5. The predicted octanol–water partition coefficient (Wildman–Crippen LogP) is 16.1. The zero-order valence-electron chi connectivity index (χ0n) is 44.1. The number of hydrogen-bond acceptors (Lipinski definition) is 6. The Morgan fingerprint density at radius 1 is 0.537 bits per heavy atom. The first-order valence-corrected chi connectivity index (χ1v) is 28.8. The summed E-state index contributed by atoms with van der Waals surface area (Å²) in [5, 5.41) is 3.03. The molecule has 0 aliphatic carbocycles. The minimum absolute atomic E-state index is 0.0316. The number of ether oxygens (including phenoxy) is 1. The number of quaternary nitrogens is 1. The van der Waals surface area contributed by atoms with Gasteiger partial charge in [0.1, 0.15) is 19.3 Å². The SMILES string of the molecule is CC/C=C/C=C/C=C\CCCCCCCC(=O)OC(/C=C/CCCCCCCCCCCCC)C(COP(=O)(O)OCC[N+](C)(C)C)NC(=O)CCCCCCCC/C=C/C=C/CCCCC. The zero-order valence-corrected chi connectivity index (χ0v) is 45.0. The van der Waals surface area contributed by atoms with Gasteiger partial charge in [-0.25, -0.2) is 4.57 Å². The number of nitrogens with zero attached hydrogens (tertiary/aromatic N) is 1. The summed E-state index contributed by atoms with van der Waals surface area (Å²) in [7, 11) is 1.47. The first kappa shape index (κ1) is 64.5. The lowest BCUT2D eigenvalue weighted by Crippen LogP contribution is -2.47. The number of likely N-dealkylation sites (N-methyl/N-ethyl adjacent to an activating group) is 1. The van der Waals surface area contributed by atoms with Gasteiger partial charge in [0, 0.05) is 12.8 Å². The first-order chi connectivity index (χ1) is 32.4. The van der Waals surface area contributed by atoms with Crippen molar-refractivity contribution in [3.05, 3.63) is 72.9 Å². The van der Waals surface area contributed by atoms with Crippen molar-refractivity contribution in [1.29, 1.82) is 0 Å². The highest BCUT2D eigenvalue weighted by Crippen LogP contribution is 2.43. The Kier molecular flexibility index (Phi) is 45.3. The van der Waals surface area contributed by atoms with Crippen LogP contribution in [0.3, 0.4) is 0 Å². The Hall–Kier alpha value is -2.55. The van der Waals surface area contributed by atoms with Crippen LogP contribution in [0.15, 0.2) is 72.9 Å². The molecular weight excluding hydrogens is 856 g/mol. The van der Waals surface area contributed by atoms with Crippen LogP contribution in [0.25, 0.3) is 0 Å². The topological polar surface area (TPSA) is 111 Å². The maximum absolute atomic E-state index is 13.5. The molecule has 0 aromatic heterocycles. The lowest BCUT2D eigenvalue weighted by atomic mass is 10.0. The van der Waals surface area contributed by atoms with E-state index in [0.717, 1.165) is 103 Å². The number of allylic oxidation sites excluding steroid dienone is 11. The van der Waals surface area contributed by atoms with E-state index >= 15 is 0 Å². The number of carbonyl (C=O) groups excluding carboxylic acids is 2. The van der Waals surface area contributed by atoms with E-state index < -0.39 is 20.0 Å². The molecule has 9 nitrogen and oxygen atoms in total. The van der Waals surface area contributed by atoms with Crippen molar-refractivity contribution in [3.63, 3.8) is 0 Å². The maximum atomic E-state index is 13.5. The Morgan fingerprint density at radius 3 is 1.46 bits per heavy atom. The molecule has 0 heterocycles. The van der Waals surface area contributed by atoms with Gasteiger partial charge in [-0.2, -0.15) is 0 Å². The van der Waals surface area contributed by atoms with E-state index in [2.05, 4.69) is 86.8 Å². The average molecular weight is 960 g/mol. The molecule has 2 N–H and O–H groups in total. The number of hydrogen-bond donors (Lipinski definition) is 2. The number of nitrogens with one attached hydrogen (secondary N) is 1. The molecule has 0 aliphatic heterocycles.